The predicted molar refractivity (Wildman–Crippen MR) is 62.3 cm³/mol. The van der Waals surface area contributed by atoms with Gasteiger partial charge in [-0.15, -0.1) is 0 Å². The zero-order valence-corrected chi connectivity index (χ0v) is 9.60. The molecule has 0 aliphatic heterocycles. The number of allylic oxidation sites excluding steroid dienone is 2. The third kappa shape index (κ3) is 2.40. The molecule has 0 nitrogen and oxygen atoms in total. The van der Waals surface area contributed by atoms with E-state index in [1.165, 1.54) is 57.8 Å². The van der Waals surface area contributed by atoms with Gasteiger partial charge >= 0.3 is 0 Å². The number of hydrogen-bond donors (Lipinski definition) is 0. The molecule has 0 spiro atoms. The van der Waals surface area contributed by atoms with Crippen LogP contribution in [0.25, 0.3) is 0 Å². The van der Waals surface area contributed by atoms with E-state index in [2.05, 4.69) is 13.0 Å². The average Bonchev–Trinajstić information content (AvgIpc) is 2.30. The summed E-state index contributed by atoms with van der Waals surface area (Å²) < 4.78 is 0. The Balaban J connectivity index is 1.85. The monoisotopic (exact) mass is 192 g/mol. The van der Waals surface area contributed by atoms with Crippen LogP contribution >= 0.6 is 0 Å². The summed E-state index contributed by atoms with van der Waals surface area (Å²) in [5.74, 6) is 2.13. The Bertz CT molecular complexity index is 196. The maximum Gasteiger partial charge on any atom is -0.0317 e. The van der Waals surface area contributed by atoms with Gasteiger partial charge in [0.25, 0.3) is 0 Å². The van der Waals surface area contributed by atoms with Gasteiger partial charge in [-0.1, -0.05) is 50.7 Å². The molecule has 0 bridgehead atoms. The molecule has 2 aliphatic carbocycles. The van der Waals surface area contributed by atoms with Crippen molar-refractivity contribution in [2.24, 2.45) is 11.8 Å². The van der Waals surface area contributed by atoms with Crippen molar-refractivity contribution in [2.75, 3.05) is 0 Å². The van der Waals surface area contributed by atoms with Crippen molar-refractivity contribution in [3.63, 3.8) is 0 Å². The Morgan fingerprint density at radius 3 is 2.43 bits per heavy atom. The van der Waals surface area contributed by atoms with Crippen LogP contribution in [0.1, 0.15) is 64.7 Å². The quantitative estimate of drug-likeness (QED) is 0.556. The predicted octanol–water partition coefficient (Wildman–Crippen LogP) is 4.70. The fraction of sp³-hybridized carbons (Fsp3) is 0.857. The van der Waals surface area contributed by atoms with Crippen molar-refractivity contribution in [1.82, 2.24) is 0 Å². The van der Waals surface area contributed by atoms with E-state index in [0.717, 1.165) is 11.8 Å². The lowest BCUT2D eigenvalue weighted by Crippen LogP contribution is -2.19. The topological polar surface area (TPSA) is 0 Å². The van der Waals surface area contributed by atoms with Crippen molar-refractivity contribution in [3.05, 3.63) is 11.6 Å². The van der Waals surface area contributed by atoms with Gasteiger partial charge in [0.15, 0.2) is 0 Å². The highest BCUT2D eigenvalue weighted by molar-refractivity contribution is 5.06. The fourth-order valence-electron chi connectivity index (χ4n) is 3.26. The standard InChI is InChI=1S/C14H24/c1-2-12-8-10-14(11-9-12)13-6-4-3-5-7-13/h8,13-14H,2-7,9-11H2,1H3. The molecule has 0 radical (unpaired) electrons. The first kappa shape index (κ1) is 10.3. The Morgan fingerprint density at radius 2 is 1.86 bits per heavy atom. The van der Waals surface area contributed by atoms with Crippen LogP contribution in [-0.4, -0.2) is 0 Å². The Morgan fingerprint density at radius 1 is 1.07 bits per heavy atom. The molecule has 2 rings (SSSR count). The maximum atomic E-state index is 2.54. The van der Waals surface area contributed by atoms with Crippen LogP contribution in [0.5, 0.6) is 0 Å². The molecule has 0 heteroatoms. The molecule has 0 saturated heterocycles. The second-order valence-electron chi connectivity index (χ2n) is 5.15. The Hall–Kier alpha value is -0.260. The van der Waals surface area contributed by atoms with Crippen molar-refractivity contribution >= 4 is 0 Å². The molecular weight excluding hydrogens is 168 g/mol. The molecule has 0 aromatic heterocycles. The summed E-state index contributed by atoms with van der Waals surface area (Å²) in [6.07, 6.45) is 15.7. The summed E-state index contributed by atoms with van der Waals surface area (Å²) in [7, 11) is 0. The normalized spacial score (nSPS) is 30.1. The molecule has 0 aromatic rings. The summed E-state index contributed by atoms with van der Waals surface area (Å²) in [4.78, 5) is 0. The van der Waals surface area contributed by atoms with E-state index >= 15 is 0 Å². The lowest BCUT2D eigenvalue weighted by molar-refractivity contribution is 0.231. The van der Waals surface area contributed by atoms with Gasteiger partial charge in [0.05, 0.1) is 0 Å². The van der Waals surface area contributed by atoms with Gasteiger partial charge in [0, 0.05) is 0 Å². The molecule has 2 aliphatic rings. The highest BCUT2D eigenvalue weighted by Gasteiger charge is 2.24. The van der Waals surface area contributed by atoms with Crippen LogP contribution in [0.15, 0.2) is 11.6 Å². The first-order valence-electron chi connectivity index (χ1n) is 6.58. The van der Waals surface area contributed by atoms with Gasteiger partial charge in [0.1, 0.15) is 0 Å². The molecule has 0 heterocycles. The number of hydrogen-bond acceptors (Lipinski definition) is 0. The Kier molecular flexibility index (Phi) is 3.67. The van der Waals surface area contributed by atoms with Crippen LogP contribution in [0.2, 0.25) is 0 Å². The van der Waals surface area contributed by atoms with Gasteiger partial charge in [0.2, 0.25) is 0 Å². The minimum absolute atomic E-state index is 1.05. The van der Waals surface area contributed by atoms with E-state index in [-0.39, 0.29) is 0 Å². The van der Waals surface area contributed by atoms with Gasteiger partial charge in [-0.2, -0.15) is 0 Å². The SMILES string of the molecule is CCC1=CCC(C2CCCCC2)CC1. The third-order valence-corrected chi connectivity index (χ3v) is 4.32. The summed E-state index contributed by atoms with van der Waals surface area (Å²) in [6.45, 7) is 2.30. The van der Waals surface area contributed by atoms with Crippen LogP contribution in [0.4, 0.5) is 0 Å². The van der Waals surface area contributed by atoms with Gasteiger partial charge in [-0.25, -0.2) is 0 Å². The van der Waals surface area contributed by atoms with Crippen LogP contribution in [0.3, 0.4) is 0 Å². The molecule has 1 unspecified atom stereocenters. The zero-order valence-electron chi connectivity index (χ0n) is 9.60. The lowest BCUT2D eigenvalue weighted by atomic mass is 9.74. The van der Waals surface area contributed by atoms with Gasteiger partial charge < -0.3 is 0 Å². The number of rotatable bonds is 2. The minimum Gasteiger partial charge on any atom is -0.0851 e. The van der Waals surface area contributed by atoms with Crippen molar-refractivity contribution in [3.8, 4) is 0 Å². The molecule has 1 saturated carbocycles. The highest BCUT2D eigenvalue weighted by atomic mass is 14.3. The summed E-state index contributed by atoms with van der Waals surface area (Å²) in [5.41, 5.74) is 1.72. The van der Waals surface area contributed by atoms with E-state index in [4.69, 9.17) is 0 Å². The molecular formula is C14H24. The second-order valence-corrected chi connectivity index (χ2v) is 5.15. The first-order valence-corrected chi connectivity index (χ1v) is 6.58. The van der Waals surface area contributed by atoms with Crippen molar-refractivity contribution in [1.29, 1.82) is 0 Å². The molecule has 1 atom stereocenters. The van der Waals surface area contributed by atoms with Crippen molar-refractivity contribution < 1.29 is 0 Å². The van der Waals surface area contributed by atoms with Gasteiger partial charge in [-0.3, -0.25) is 0 Å². The van der Waals surface area contributed by atoms with Crippen molar-refractivity contribution in [2.45, 2.75) is 64.7 Å². The van der Waals surface area contributed by atoms with Crippen LogP contribution in [0, 0.1) is 11.8 Å². The third-order valence-electron chi connectivity index (χ3n) is 4.32. The fourth-order valence-corrected chi connectivity index (χ4v) is 3.26. The van der Waals surface area contributed by atoms with E-state index < -0.39 is 0 Å². The molecule has 1 fully saturated rings. The summed E-state index contributed by atoms with van der Waals surface area (Å²) in [5, 5.41) is 0. The highest BCUT2D eigenvalue weighted by Crippen LogP contribution is 2.37. The molecule has 0 N–H and O–H groups in total. The molecule has 0 amide bonds. The lowest BCUT2D eigenvalue weighted by Gasteiger charge is -2.32. The van der Waals surface area contributed by atoms with Crippen LogP contribution < -0.4 is 0 Å². The maximum absolute atomic E-state index is 2.54. The molecule has 0 aromatic carbocycles. The van der Waals surface area contributed by atoms with E-state index in [1.54, 1.807) is 5.57 Å². The van der Waals surface area contributed by atoms with E-state index in [1.807, 2.05) is 0 Å². The zero-order chi connectivity index (χ0) is 9.80. The Labute approximate surface area is 88.8 Å². The second kappa shape index (κ2) is 5.00. The first-order chi connectivity index (χ1) is 6.90. The minimum atomic E-state index is 1.05. The largest absolute Gasteiger partial charge is 0.0851 e. The van der Waals surface area contributed by atoms with Gasteiger partial charge in [-0.05, 0) is 37.5 Å². The molecule has 80 valence electrons. The average molecular weight is 192 g/mol. The van der Waals surface area contributed by atoms with E-state index in [0.29, 0.717) is 0 Å². The molecule has 14 heavy (non-hydrogen) atoms. The van der Waals surface area contributed by atoms with Crippen LogP contribution in [-0.2, 0) is 0 Å². The smallest absolute Gasteiger partial charge is 0.0317 e. The summed E-state index contributed by atoms with van der Waals surface area (Å²) in [6, 6.07) is 0. The van der Waals surface area contributed by atoms with E-state index in [9.17, 15) is 0 Å². The summed E-state index contributed by atoms with van der Waals surface area (Å²) >= 11 is 0.